The van der Waals surface area contributed by atoms with Crippen molar-refractivity contribution >= 4 is 40.6 Å². The van der Waals surface area contributed by atoms with E-state index in [2.05, 4.69) is 37.3 Å². The summed E-state index contributed by atoms with van der Waals surface area (Å²) in [7, 11) is 0. The molecule has 3 N–H and O–H groups in total. The third kappa shape index (κ3) is 11.6. The van der Waals surface area contributed by atoms with Gasteiger partial charge in [-0.05, 0) is 142 Å². The van der Waals surface area contributed by atoms with Gasteiger partial charge < -0.3 is 39.9 Å². The van der Waals surface area contributed by atoms with E-state index in [4.69, 9.17) is 36.8 Å². The van der Waals surface area contributed by atoms with Crippen molar-refractivity contribution in [3.8, 4) is 34.3 Å². The molecule has 13 nitrogen and oxygen atoms in total. The van der Waals surface area contributed by atoms with E-state index < -0.39 is 0 Å². The summed E-state index contributed by atoms with van der Waals surface area (Å²) in [6.45, 7) is 6.18. The number of piperazine rings is 1. The molecule has 1 amide bonds. The van der Waals surface area contributed by atoms with Gasteiger partial charge >= 0.3 is 0 Å². The molecule has 0 spiro atoms. The molecule has 2 atom stereocenters. The largest absolute Gasteiger partial charge is 0.507 e. The Bertz CT molecular complexity index is 2530. The Morgan fingerprint density at radius 3 is 2.07 bits per heavy atom. The normalized spacial score (nSPS) is 17.3. The van der Waals surface area contributed by atoms with Crippen molar-refractivity contribution in [1.82, 2.24) is 25.1 Å². The van der Waals surface area contributed by atoms with Gasteiger partial charge in [-0.25, -0.2) is 9.97 Å². The van der Waals surface area contributed by atoms with Crippen LogP contribution in [0.2, 0.25) is 0 Å². The molecular formula is C54H62ClN9O4. The third-order valence-electron chi connectivity index (χ3n) is 13.7. The highest BCUT2D eigenvalue weighted by Gasteiger charge is 2.42. The molecule has 5 heterocycles. The number of para-hydroxylation sites is 1. The smallest absolute Gasteiger partial charge is 0.242 e. The number of nitrogens with two attached hydrogens (primary N) is 1. The number of nitrogen functional groups attached to an aromatic ring is 1. The summed E-state index contributed by atoms with van der Waals surface area (Å²) in [6.07, 6.45) is 15.8. The number of alkyl halides is 1. The maximum Gasteiger partial charge on any atom is 0.242 e. The molecule has 4 aromatic carbocycles. The number of hydrogen-bond acceptors (Lipinski definition) is 12. The number of halogens is 1. The Morgan fingerprint density at radius 1 is 0.750 bits per heavy atom. The highest BCUT2D eigenvalue weighted by Crippen LogP contribution is 2.39. The summed E-state index contributed by atoms with van der Waals surface area (Å²) in [5.74, 6) is 3.90. The van der Waals surface area contributed by atoms with E-state index in [1.807, 2.05) is 97.1 Å². The molecule has 0 aliphatic carbocycles. The van der Waals surface area contributed by atoms with Crippen molar-refractivity contribution in [3.63, 3.8) is 0 Å². The predicted octanol–water partition coefficient (Wildman–Crippen LogP) is 10.2. The summed E-state index contributed by atoms with van der Waals surface area (Å²) in [5.41, 5.74) is 11.5. The Morgan fingerprint density at radius 2 is 1.38 bits per heavy atom. The second-order valence-corrected chi connectivity index (χ2v) is 18.6. The van der Waals surface area contributed by atoms with Crippen LogP contribution in [-0.2, 0) is 11.3 Å². The number of rotatable bonds is 20. The van der Waals surface area contributed by atoms with E-state index in [-0.39, 0.29) is 29.6 Å². The summed E-state index contributed by atoms with van der Waals surface area (Å²) < 4.78 is 12.1. The fraction of sp³-hybridized carbons (Fsp3) is 0.389. The van der Waals surface area contributed by atoms with Crippen LogP contribution >= 0.6 is 11.6 Å². The maximum absolute atomic E-state index is 12.6. The number of phenols is 1. The maximum atomic E-state index is 12.6. The molecular weight excluding hydrogens is 874 g/mol. The lowest BCUT2D eigenvalue weighted by Gasteiger charge is -2.42. The Kier molecular flexibility index (Phi) is 15.5. The molecule has 68 heavy (non-hydrogen) atoms. The van der Waals surface area contributed by atoms with Gasteiger partial charge in [-0.2, -0.15) is 0 Å². The number of hydrogen-bond donors (Lipinski definition) is 2. The van der Waals surface area contributed by atoms with Gasteiger partial charge in [-0.15, -0.1) is 21.8 Å². The van der Waals surface area contributed by atoms with Crippen LogP contribution in [0.3, 0.4) is 0 Å². The second kappa shape index (κ2) is 22.6. The molecule has 3 fully saturated rings. The SMILES string of the molecule is Nc1nnc(-c2ccccc2O)cc1N1CC2CCC(C1)N2c1ncc(C2CCN(CCCCCCCCOc3ccc(Oc4ccc(N(Cc5ccccc5)C(=O)CCl)cc4)cc3)CC2)cn1. The number of unbranched alkanes of at least 4 members (excludes halogenated alkanes) is 5. The second-order valence-electron chi connectivity index (χ2n) is 18.3. The van der Waals surface area contributed by atoms with E-state index in [1.54, 1.807) is 17.0 Å². The summed E-state index contributed by atoms with van der Waals surface area (Å²) >= 11 is 5.93. The van der Waals surface area contributed by atoms with Gasteiger partial charge in [0.15, 0.2) is 5.82 Å². The number of amides is 1. The molecule has 2 unspecified atom stereocenters. The number of aromatic hydroxyl groups is 1. The number of carbonyl (C=O) groups excluding carboxylic acids is 1. The highest BCUT2D eigenvalue weighted by molar-refractivity contribution is 6.29. The number of anilines is 4. The first kappa shape index (κ1) is 46.7. The molecule has 6 aromatic rings. The number of phenolic OH excluding ortho intramolecular Hbond substituents is 1. The summed E-state index contributed by atoms with van der Waals surface area (Å²) in [4.78, 5) is 31.6. The lowest BCUT2D eigenvalue weighted by molar-refractivity contribution is -0.116. The van der Waals surface area contributed by atoms with Crippen molar-refractivity contribution in [2.45, 2.75) is 88.8 Å². The first-order valence-corrected chi connectivity index (χ1v) is 24.8. The zero-order chi connectivity index (χ0) is 46.7. The first-order chi connectivity index (χ1) is 33.4. The van der Waals surface area contributed by atoms with E-state index in [0.717, 1.165) is 92.7 Å². The van der Waals surface area contributed by atoms with Crippen molar-refractivity contribution in [2.75, 3.05) is 65.6 Å². The molecule has 2 aromatic heterocycles. The van der Waals surface area contributed by atoms with Crippen LogP contribution in [0.4, 0.5) is 23.1 Å². The fourth-order valence-corrected chi connectivity index (χ4v) is 10.1. The van der Waals surface area contributed by atoms with Gasteiger partial charge in [-0.3, -0.25) is 4.79 Å². The molecule has 3 aliphatic heterocycles. The van der Waals surface area contributed by atoms with Crippen LogP contribution < -0.4 is 29.9 Å². The van der Waals surface area contributed by atoms with Crippen LogP contribution in [0.5, 0.6) is 23.0 Å². The lowest BCUT2D eigenvalue weighted by atomic mass is 9.91. The molecule has 0 radical (unpaired) electrons. The topological polar surface area (TPSA) is 146 Å². The molecule has 3 aliphatic rings. The number of piperidine rings is 1. The average molecular weight is 937 g/mol. The number of ether oxygens (including phenoxy) is 2. The van der Waals surface area contributed by atoms with E-state index in [1.165, 1.54) is 44.2 Å². The van der Waals surface area contributed by atoms with E-state index in [0.29, 0.717) is 41.9 Å². The number of nitrogens with zero attached hydrogens (tertiary/aromatic N) is 8. The number of aromatic nitrogens is 4. The summed E-state index contributed by atoms with van der Waals surface area (Å²) in [5, 5.41) is 19.0. The third-order valence-corrected chi connectivity index (χ3v) is 13.9. The zero-order valence-electron chi connectivity index (χ0n) is 38.7. The van der Waals surface area contributed by atoms with Crippen molar-refractivity contribution in [2.24, 2.45) is 0 Å². The van der Waals surface area contributed by atoms with Crippen LogP contribution in [0.25, 0.3) is 11.3 Å². The van der Waals surface area contributed by atoms with Crippen molar-refractivity contribution in [1.29, 1.82) is 0 Å². The molecule has 14 heteroatoms. The van der Waals surface area contributed by atoms with Gasteiger partial charge in [-0.1, -0.05) is 68.1 Å². The van der Waals surface area contributed by atoms with Gasteiger partial charge in [0.1, 0.15) is 28.9 Å². The van der Waals surface area contributed by atoms with Crippen LogP contribution in [0.1, 0.15) is 81.3 Å². The standard InChI is InChI=1S/C54H62ClN9O4/c55-33-52(66)63(36-39-12-6-5-7-13-39)42-18-20-46(21-19-42)68-47-24-22-45(23-25-47)67-31-11-4-2-1-3-10-28-61-29-26-40(27-30-61)41-34-57-54(58-35-41)64-43-16-17-44(64)38-62(37-43)50-32-49(59-60-53(50)56)48-14-8-9-15-51(48)65/h5-9,12-15,18-25,32,34-35,40,43-44,65H,1-4,10-11,16-17,26-31,33,36-38H2,(H2,56,60). The number of benzene rings is 4. The van der Waals surface area contributed by atoms with E-state index in [9.17, 15) is 9.90 Å². The summed E-state index contributed by atoms with van der Waals surface area (Å²) in [6, 6.07) is 34.8. The predicted molar refractivity (Wildman–Crippen MR) is 270 cm³/mol. The van der Waals surface area contributed by atoms with E-state index >= 15 is 0 Å². The minimum Gasteiger partial charge on any atom is -0.507 e. The van der Waals surface area contributed by atoms with Gasteiger partial charge in [0, 0.05) is 48.8 Å². The van der Waals surface area contributed by atoms with Gasteiger partial charge in [0.2, 0.25) is 11.9 Å². The van der Waals surface area contributed by atoms with Crippen LogP contribution in [-0.4, -0.2) is 93.4 Å². The number of carbonyl (C=O) groups is 1. The first-order valence-electron chi connectivity index (χ1n) is 24.3. The lowest BCUT2D eigenvalue weighted by Crippen LogP contribution is -2.54. The quantitative estimate of drug-likeness (QED) is 0.0555. The average Bonchev–Trinajstić information content (AvgIpc) is 3.64. The molecule has 9 rings (SSSR count). The van der Waals surface area contributed by atoms with Gasteiger partial charge in [0.25, 0.3) is 0 Å². The Labute approximate surface area is 404 Å². The van der Waals surface area contributed by atoms with Crippen LogP contribution in [0.15, 0.2) is 122 Å². The highest BCUT2D eigenvalue weighted by atomic mass is 35.5. The van der Waals surface area contributed by atoms with Crippen LogP contribution in [0, 0.1) is 0 Å². The number of likely N-dealkylation sites (tertiary alicyclic amines) is 1. The Balaban J connectivity index is 0.630. The van der Waals surface area contributed by atoms with Crippen molar-refractivity contribution < 1.29 is 19.4 Å². The van der Waals surface area contributed by atoms with Crippen molar-refractivity contribution in [3.05, 3.63) is 133 Å². The van der Waals surface area contributed by atoms with Gasteiger partial charge in [0.05, 0.1) is 24.5 Å². The molecule has 3 saturated heterocycles. The molecule has 2 bridgehead atoms. The molecule has 354 valence electrons. The zero-order valence-corrected chi connectivity index (χ0v) is 39.5. The minimum atomic E-state index is -0.153. The fourth-order valence-electron chi connectivity index (χ4n) is 9.99. The number of fused-ring (bicyclic) bond motifs is 2. The molecule has 0 saturated carbocycles. The minimum absolute atomic E-state index is 0.0865. The Hall–Kier alpha value is -6.44. The monoisotopic (exact) mass is 935 g/mol.